The molecule has 0 amide bonds. The van der Waals surface area contributed by atoms with Gasteiger partial charge < -0.3 is 14.3 Å². The highest BCUT2D eigenvalue weighted by Gasteiger charge is 2.32. The summed E-state index contributed by atoms with van der Waals surface area (Å²) in [7, 11) is 0. The second-order valence-corrected chi connectivity index (χ2v) is 4.86. The maximum atomic E-state index is 10.6. The van der Waals surface area contributed by atoms with Gasteiger partial charge >= 0.3 is 0 Å². The largest absolute Gasteiger partial charge is 0.465 e. The van der Waals surface area contributed by atoms with Crippen LogP contribution in [0.5, 0.6) is 0 Å². The summed E-state index contributed by atoms with van der Waals surface area (Å²) < 4.78 is 12.4. The van der Waals surface area contributed by atoms with E-state index in [4.69, 9.17) is 9.15 Å². The normalized spacial score (nSPS) is 14.5. The number of hydrogen-bond donors (Lipinski definition) is 1. The Morgan fingerprint density at radius 3 is 2.95 bits per heavy atom. The lowest BCUT2D eigenvalue weighted by molar-refractivity contribution is -0.0753. The highest BCUT2D eigenvalue weighted by molar-refractivity contribution is 5.71. The van der Waals surface area contributed by atoms with Crippen LogP contribution in [0.4, 0.5) is 0 Å². The molecule has 1 unspecified atom stereocenters. The van der Waals surface area contributed by atoms with Gasteiger partial charge in [0, 0.05) is 12.7 Å². The van der Waals surface area contributed by atoms with Gasteiger partial charge in [0.2, 0.25) is 0 Å². The molecule has 0 aromatic carbocycles. The van der Waals surface area contributed by atoms with Gasteiger partial charge in [0.25, 0.3) is 0 Å². The van der Waals surface area contributed by atoms with Crippen molar-refractivity contribution in [1.29, 1.82) is 0 Å². The molecular weight excluding hydrogens is 258 g/mol. The van der Waals surface area contributed by atoms with E-state index in [-0.39, 0.29) is 0 Å². The number of nitrogens with zero attached hydrogens (tertiary/aromatic N) is 3. The van der Waals surface area contributed by atoms with Crippen molar-refractivity contribution in [1.82, 2.24) is 14.8 Å². The van der Waals surface area contributed by atoms with Gasteiger partial charge in [-0.1, -0.05) is 0 Å². The van der Waals surface area contributed by atoms with Gasteiger partial charge in [0.15, 0.2) is 0 Å². The third-order valence-electron chi connectivity index (χ3n) is 2.97. The number of furan rings is 1. The molecule has 0 saturated heterocycles. The van der Waals surface area contributed by atoms with E-state index >= 15 is 0 Å². The first-order chi connectivity index (χ1) is 9.54. The van der Waals surface area contributed by atoms with Crippen molar-refractivity contribution in [2.24, 2.45) is 0 Å². The SMILES string of the molecule is CCOC(C)(C)C(O)C(=Cc1ccco1)n1cncn1. The van der Waals surface area contributed by atoms with E-state index in [2.05, 4.69) is 10.1 Å². The van der Waals surface area contributed by atoms with Gasteiger partial charge in [-0.3, -0.25) is 0 Å². The average Bonchev–Trinajstić information content (AvgIpc) is 3.08. The zero-order valence-electron chi connectivity index (χ0n) is 11.9. The third kappa shape index (κ3) is 3.15. The molecule has 0 spiro atoms. The maximum absolute atomic E-state index is 10.6. The lowest BCUT2D eigenvalue weighted by Crippen LogP contribution is -2.41. The molecule has 0 saturated carbocycles. The quantitative estimate of drug-likeness (QED) is 0.874. The van der Waals surface area contributed by atoms with Crippen LogP contribution in [0.15, 0.2) is 35.5 Å². The van der Waals surface area contributed by atoms with Gasteiger partial charge in [-0.25, -0.2) is 9.67 Å². The number of hydrogen-bond acceptors (Lipinski definition) is 5. The number of ether oxygens (including phenoxy) is 1. The minimum atomic E-state index is -0.880. The number of aromatic nitrogens is 3. The summed E-state index contributed by atoms with van der Waals surface area (Å²) in [4.78, 5) is 3.91. The van der Waals surface area contributed by atoms with Crippen LogP contribution >= 0.6 is 0 Å². The van der Waals surface area contributed by atoms with Crippen LogP contribution < -0.4 is 0 Å². The highest BCUT2D eigenvalue weighted by atomic mass is 16.5. The summed E-state index contributed by atoms with van der Waals surface area (Å²) in [5.41, 5.74) is -0.213. The minimum Gasteiger partial charge on any atom is -0.465 e. The summed E-state index contributed by atoms with van der Waals surface area (Å²) in [6.07, 6.45) is 5.36. The third-order valence-corrected chi connectivity index (χ3v) is 2.97. The molecule has 0 fully saturated rings. The standard InChI is InChI=1S/C14H19N3O3/c1-4-20-14(2,3)13(18)12(17-10-15-9-16-17)8-11-6-5-7-19-11/h5-10,13,18H,4H2,1-3H3. The summed E-state index contributed by atoms with van der Waals surface area (Å²) in [5, 5.41) is 14.7. The van der Waals surface area contributed by atoms with E-state index in [9.17, 15) is 5.11 Å². The molecule has 0 aliphatic heterocycles. The Kier molecular flexibility index (Phi) is 4.36. The van der Waals surface area contributed by atoms with Crippen LogP contribution in [0.3, 0.4) is 0 Å². The molecule has 6 nitrogen and oxygen atoms in total. The van der Waals surface area contributed by atoms with Crippen molar-refractivity contribution in [2.45, 2.75) is 32.5 Å². The fraction of sp³-hybridized carbons (Fsp3) is 0.429. The number of aliphatic hydroxyl groups excluding tert-OH is 1. The van der Waals surface area contributed by atoms with Gasteiger partial charge in [0.05, 0.1) is 17.6 Å². The first kappa shape index (κ1) is 14.5. The van der Waals surface area contributed by atoms with Gasteiger partial charge in [-0.2, -0.15) is 5.10 Å². The van der Waals surface area contributed by atoms with Gasteiger partial charge in [-0.15, -0.1) is 0 Å². The molecule has 0 radical (unpaired) electrons. The molecule has 0 bridgehead atoms. The van der Waals surface area contributed by atoms with Crippen LogP contribution in [0.1, 0.15) is 26.5 Å². The van der Waals surface area contributed by atoms with Crippen LogP contribution in [-0.2, 0) is 4.74 Å². The zero-order chi connectivity index (χ0) is 14.6. The van der Waals surface area contributed by atoms with Crippen molar-refractivity contribution >= 4 is 11.8 Å². The molecular formula is C14H19N3O3. The lowest BCUT2D eigenvalue weighted by atomic mass is 9.98. The van der Waals surface area contributed by atoms with E-state index in [0.717, 1.165) is 0 Å². The molecule has 6 heteroatoms. The van der Waals surface area contributed by atoms with Crippen molar-refractivity contribution < 1.29 is 14.3 Å². The Morgan fingerprint density at radius 2 is 2.40 bits per heavy atom. The Morgan fingerprint density at radius 1 is 1.60 bits per heavy atom. The van der Waals surface area contributed by atoms with Gasteiger partial charge in [-0.05, 0) is 32.9 Å². The first-order valence-electron chi connectivity index (χ1n) is 6.46. The second kappa shape index (κ2) is 6.02. The monoisotopic (exact) mass is 277 g/mol. The summed E-state index contributed by atoms with van der Waals surface area (Å²) in [6, 6.07) is 3.59. The lowest BCUT2D eigenvalue weighted by Gasteiger charge is -2.31. The molecule has 2 aromatic rings. The van der Waals surface area contributed by atoms with Crippen molar-refractivity contribution in [3.8, 4) is 0 Å². The highest BCUT2D eigenvalue weighted by Crippen LogP contribution is 2.25. The van der Waals surface area contributed by atoms with Crippen LogP contribution in [-0.4, -0.2) is 38.2 Å². The zero-order valence-corrected chi connectivity index (χ0v) is 11.9. The average molecular weight is 277 g/mol. The fourth-order valence-corrected chi connectivity index (χ4v) is 1.94. The number of rotatable bonds is 6. The molecule has 0 aliphatic carbocycles. The first-order valence-corrected chi connectivity index (χ1v) is 6.46. The summed E-state index contributed by atoms with van der Waals surface area (Å²) in [5.74, 6) is 0.627. The molecule has 2 rings (SSSR count). The van der Waals surface area contributed by atoms with E-state index in [0.29, 0.717) is 18.1 Å². The van der Waals surface area contributed by atoms with Gasteiger partial charge in [0.1, 0.15) is 24.5 Å². The fourth-order valence-electron chi connectivity index (χ4n) is 1.94. The molecule has 1 N–H and O–H groups in total. The van der Waals surface area contributed by atoms with Crippen molar-refractivity contribution in [2.75, 3.05) is 6.61 Å². The van der Waals surface area contributed by atoms with E-state index < -0.39 is 11.7 Å². The predicted molar refractivity (Wildman–Crippen MR) is 74.6 cm³/mol. The number of aliphatic hydroxyl groups is 1. The Bertz CT molecular complexity index is 544. The Hall–Kier alpha value is -1.92. The second-order valence-electron chi connectivity index (χ2n) is 4.86. The van der Waals surface area contributed by atoms with E-state index in [1.165, 1.54) is 17.3 Å². The van der Waals surface area contributed by atoms with Crippen LogP contribution in [0.25, 0.3) is 11.8 Å². The molecule has 20 heavy (non-hydrogen) atoms. The maximum Gasteiger partial charge on any atom is 0.138 e. The molecule has 2 aromatic heterocycles. The predicted octanol–water partition coefficient (Wildman–Crippen LogP) is 2.05. The Labute approximate surface area is 117 Å². The van der Waals surface area contributed by atoms with E-state index in [1.54, 1.807) is 24.5 Å². The molecule has 0 aliphatic rings. The van der Waals surface area contributed by atoms with Crippen molar-refractivity contribution in [3.05, 3.63) is 36.8 Å². The van der Waals surface area contributed by atoms with Crippen LogP contribution in [0.2, 0.25) is 0 Å². The molecule has 2 heterocycles. The minimum absolute atomic E-state index is 0.509. The smallest absolute Gasteiger partial charge is 0.138 e. The molecule has 1 atom stereocenters. The topological polar surface area (TPSA) is 73.3 Å². The van der Waals surface area contributed by atoms with Crippen LogP contribution in [0, 0.1) is 0 Å². The summed E-state index contributed by atoms with van der Waals surface area (Å²) >= 11 is 0. The van der Waals surface area contributed by atoms with E-state index in [1.807, 2.05) is 20.8 Å². The summed E-state index contributed by atoms with van der Waals surface area (Å²) in [6.45, 7) is 6.05. The Balaban J connectivity index is 2.37. The molecule has 108 valence electrons. The van der Waals surface area contributed by atoms with Crippen molar-refractivity contribution in [3.63, 3.8) is 0 Å².